The molecule has 4 nitrogen and oxygen atoms in total. The fraction of sp³-hybridized carbons (Fsp3) is 0.267. The molecule has 0 spiro atoms. The van der Waals surface area contributed by atoms with Crippen LogP contribution in [0.4, 0.5) is 0 Å². The van der Waals surface area contributed by atoms with Crippen LogP contribution in [-0.4, -0.2) is 20.4 Å². The van der Waals surface area contributed by atoms with Crippen molar-refractivity contribution in [1.82, 2.24) is 0 Å². The maximum atomic E-state index is 5.44. The van der Waals surface area contributed by atoms with Gasteiger partial charge in [0.1, 0.15) is 11.5 Å². The molecule has 0 aliphatic carbocycles. The summed E-state index contributed by atoms with van der Waals surface area (Å²) in [5, 5.41) is 0. The first-order valence-electron chi connectivity index (χ1n) is 6.00. The number of nitrogens with zero attached hydrogens (tertiary/aromatic N) is 1. The van der Waals surface area contributed by atoms with Crippen molar-refractivity contribution in [2.24, 2.45) is 4.99 Å². The highest BCUT2D eigenvalue weighted by Crippen LogP contribution is 2.26. The van der Waals surface area contributed by atoms with E-state index in [0.717, 1.165) is 17.1 Å². The molecule has 0 amide bonds. The van der Waals surface area contributed by atoms with Gasteiger partial charge in [0.25, 0.3) is 0 Å². The summed E-state index contributed by atoms with van der Waals surface area (Å²) in [5.74, 6) is 3.16. The van der Waals surface area contributed by atoms with Crippen molar-refractivity contribution in [1.29, 1.82) is 0 Å². The lowest BCUT2D eigenvalue weighted by Gasteiger charge is -2.07. The van der Waals surface area contributed by atoms with Crippen LogP contribution in [0.25, 0.3) is 0 Å². The quantitative estimate of drug-likeness (QED) is 0.774. The fourth-order valence-electron chi connectivity index (χ4n) is 1.74. The second-order valence-electron chi connectivity index (χ2n) is 4.10. The van der Waals surface area contributed by atoms with Crippen molar-refractivity contribution in [3.63, 3.8) is 0 Å². The number of rotatable bonds is 5. The van der Waals surface area contributed by atoms with E-state index >= 15 is 0 Å². The van der Waals surface area contributed by atoms with E-state index in [1.807, 2.05) is 37.3 Å². The standard InChI is InChI=1S/C15H17NO3/c1-11-4-6-13(19-11)10-16-9-12-5-7-14(17-2)15(8-12)18-3/h4-9H,10H2,1-3H3. The van der Waals surface area contributed by atoms with Gasteiger partial charge in [0, 0.05) is 6.21 Å². The Morgan fingerprint density at radius 3 is 2.53 bits per heavy atom. The number of furan rings is 1. The van der Waals surface area contributed by atoms with Crippen LogP contribution >= 0.6 is 0 Å². The van der Waals surface area contributed by atoms with Crippen molar-refractivity contribution in [2.45, 2.75) is 13.5 Å². The average molecular weight is 259 g/mol. The van der Waals surface area contributed by atoms with E-state index in [4.69, 9.17) is 13.9 Å². The first-order chi connectivity index (χ1) is 9.22. The van der Waals surface area contributed by atoms with Crippen LogP contribution in [0.2, 0.25) is 0 Å². The summed E-state index contributed by atoms with van der Waals surface area (Å²) < 4.78 is 15.9. The van der Waals surface area contributed by atoms with Crippen molar-refractivity contribution < 1.29 is 13.9 Å². The first-order valence-corrected chi connectivity index (χ1v) is 6.00. The molecule has 0 fully saturated rings. The van der Waals surface area contributed by atoms with E-state index in [1.165, 1.54) is 0 Å². The molecule has 2 aromatic rings. The topological polar surface area (TPSA) is 44.0 Å². The molecule has 0 saturated heterocycles. The van der Waals surface area contributed by atoms with Crippen LogP contribution in [0.5, 0.6) is 11.5 Å². The maximum absolute atomic E-state index is 5.44. The van der Waals surface area contributed by atoms with Gasteiger partial charge in [0.15, 0.2) is 11.5 Å². The molecular formula is C15H17NO3. The predicted octanol–water partition coefficient (Wildman–Crippen LogP) is 3.22. The summed E-state index contributed by atoms with van der Waals surface area (Å²) in [4.78, 5) is 4.34. The Kier molecular flexibility index (Phi) is 4.23. The zero-order valence-corrected chi connectivity index (χ0v) is 11.3. The van der Waals surface area contributed by atoms with Crippen molar-refractivity contribution in [3.8, 4) is 11.5 Å². The van der Waals surface area contributed by atoms with E-state index in [9.17, 15) is 0 Å². The molecule has 0 unspecified atom stereocenters. The van der Waals surface area contributed by atoms with Gasteiger partial charge in [-0.25, -0.2) is 0 Å². The maximum Gasteiger partial charge on any atom is 0.161 e. The lowest BCUT2D eigenvalue weighted by Crippen LogP contribution is -1.92. The van der Waals surface area contributed by atoms with E-state index in [2.05, 4.69) is 4.99 Å². The van der Waals surface area contributed by atoms with Gasteiger partial charge in [-0.05, 0) is 42.8 Å². The predicted molar refractivity (Wildman–Crippen MR) is 74.3 cm³/mol. The second kappa shape index (κ2) is 6.09. The molecule has 0 aliphatic rings. The molecular weight excluding hydrogens is 242 g/mol. The van der Waals surface area contributed by atoms with Crippen molar-refractivity contribution in [2.75, 3.05) is 14.2 Å². The smallest absolute Gasteiger partial charge is 0.161 e. The highest BCUT2D eigenvalue weighted by atomic mass is 16.5. The minimum atomic E-state index is 0.530. The van der Waals surface area contributed by atoms with E-state index < -0.39 is 0 Å². The Morgan fingerprint density at radius 1 is 1.11 bits per heavy atom. The van der Waals surface area contributed by atoms with Gasteiger partial charge < -0.3 is 13.9 Å². The van der Waals surface area contributed by atoms with Gasteiger partial charge in [0.05, 0.1) is 20.8 Å². The Hall–Kier alpha value is -2.23. The summed E-state index contributed by atoms with van der Waals surface area (Å²) >= 11 is 0. The van der Waals surface area contributed by atoms with E-state index in [0.29, 0.717) is 18.0 Å². The second-order valence-corrected chi connectivity index (χ2v) is 4.10. The summed E-state index contributed by atoms with van der Waals surface area (Å²) in [6, 6.07) is 9.54. The van der Waals surface area contributed by atoms with Gasteiger partial charge in [0.2, 0.25) is 0 Å². The van der Waals surface area contributed by atoms with Crippen LogP contribution in [0.15, 0.2) is 39.7 Å². The third-order valence-electron chi connectivity index (χ3n) is 2.69. The zero-order valence-electron chi connectivity index (χ0n) is 11.3. The molecule has 0 radical (unpaired) electrons. The molecule has 1 aromatic heterocycles. The van der Waals surface area contributed by atoms with Crippen molar-refractivity contribution >= 4 is 6.21 Å². The summed E-state index contributed by atoms with van der Waals surface area (Å²) in [6.45, 7) is 2.45. The molecule has 0 bridgehead atoms. The van der Waals surface area contributed by atoms with Crippen LogP contribution < -0.4 is 9.47 Å². The molecule has 0 aliphatic heterocycles. The molecule has 0 N–H and O–H groups in total. The highest BCUT2D eigenvalue weighted by Gasteiger charge is 2.03. The molecule has 0 atom stereocenters. The van der Waals surface area contributed by atoms with Crippen LogP contribution in [0, 0.1) is 6.92 Å². The summed E-state index contributed by atoms with van der Waals surface area (Å²) in [7, 11) is 3.23. The molecule has 19 heavy (non-hydrogen) atoms. The summed E-state index contributed by atoms with van der Waals surface area (Å²) in [6.07, 6.45) is 1.79. The Balaban J connectivity index is 2.06. The van der Waals surface area contributed by atoms with Gasteiger partial charge in [-0.2, -0.15) is 0 Å². The number of aryl methyl sites for hydroxylation is 1. The zero-order chi connectivity index (χ0) is 13.7. The Morgan fingerprint density at radius 2 is 1.89 bits per heavy atom. The van der Waals surface area contributed by atoms with Gasteiger partial charge in [-0.3, -0.25) is 4.99 Å². The monoisotopic (exact) mass is 259 g/mol. The number of hydrogen-bond donors (Lipinski definition) is 0. The number of hydrogen-bond acceptors (Lipinski definition) is 4. The van der Waals surface area contributed by atoms with Crippen molar-refractivity contribution in [3.05, 3.63) is 47.4 Å². The number of ether oxygens (including phenoxy) is 2. The lowest BCUT2D eigenvalue weighted by atomic mass is 10.2. The average Bonchev–Trinajstić information content (AvgIpc) is 2.84. The van der Waals surface area contributed by atoms with Gasteiger partial charge in [-0.1, -0.05) is 0 Å². The molecule has 100 valence electrons. The minimum absolute atomic E-state index is 0.530. The SMILES string of the molecule is COc1ccc(C=NCc2ccc(C)o2)cc1OC. The third kappa shape index (κ3) is 3.37. The molecule has 1 heterocycles. The molecule has 2 rings (SSSR count). The lowest BCUT2D eigenvalue weighted by molar-refractivity contribution is 0.355. The molecule has 4 heteroatoms. The molecule has 0 saturated carbocycles. The van der Waals surface area contributed by atoms with Crippen LogP contribution in [0.1, 0.15) is 17.1 Å². The first kappa shape index (κ1) is 13.2. The number of aliphatic imine (C=N–C) groups is 1. The molecule has 1 aromatic carbocycles. The largest absolute Gasteiger partial charge is 0.493 e. The third-order valence-corrected chi connectivity index (χ3v) is 2.69. The number of benzene rings is 1. The van der Waals surface area contributed by atoms with Gasteiger partial charge >= 0.3 is 0 Å². The fourth-order valence-corrected chi connectivity index (χ4v) is 1.74. The Bertz CT molecular complexity index is 573. The minimum Gasteiger partial charge on any atom is -0.493 e. The van der Waals surface area contributed by atoms with E-state index in [-0.39, 0.29) is 0 Å². The normalized spacial score (nSPS) is 10.9. The van der Waals surface area contributed by atoms with Crippen LogP contribution in [0.3, 0.4) is 0 Å². The van der Waals surface area contributed by atoms with E-state index in [1.54, 1.807) is 20.4 Å². The number of methoxy groups -OCH3 is 2. The van der Waals surface area contributed by atoms with Crippen LogP contribution in [-0.2, 0) is 6.54 Å². The van der Waals surface area contributed by atoms with Gasteiger partial charge in [-0.15, -0.1) is 0 Å². The Labute approximate surface area is 112 Å². The summed E-state index contributed by atoms with van der Waals surface area (Å²) in [5.41, 5.74) is 0.959. The highest BCUT2D eigenvalue weighted by molar-refractivity contribution is 5.80.